The standard InChI is InChI=1S/C69H42N2O2/c1-3-19-43(20-4-1)70(45-35-37-65-55(39-45)51-27-13-17-33-63(51)72-65)61-41-59-67(53-29-9-7-25-49(53)61)68-54-30-10-8-26-50(54)62(42-60(68)69(59)57-31-15-11-23-47(57)48-24-12-16-32-58(48)69)71(44-21-5-2-6-22-44)46-36-38-66-56(40-46)52-28-14-18-34-64(52)73-66/h1-42H. The van der Waals surface area contributed by atoms with E-state index in [2.05, 4.69) is 252 Å². The van der Waals surface area contributed by atoms with Crippen LogP contribution in [0, 0.1) is 0 Å². The van der Waals surface area contributed by atoms with Crippen LogP contribution >= 0.6 is 0 Å². The molecule has 4 heteroatoms. The quantitative estimate of drug-likeness (QED) is 0.166. The number of hydrogen-bond donors (Lipinski definition) is 0. The van der Waals surface area contributed by atoms with E-state index < -0.39 is 5.41 Å². The van der Waals surface area contributed by atoms with Crippen LogP contribution in [0.1, 0.15) is 22.3 Å². The monoisotopic (exact) mass is 930 g/mol. The Kier molecular flexibility index (Phi) is 8.35. The molecule has 2 aromatic heterocycles. The number of rotatable bonds is 6. The fourth-order valence-electron chi connectivity index (χ4n) is 12.9. The van der Waals surface area contributed by atoms with Gasteiger partial charge in [-0.15, -0.1) is 0 Å². The van der Waals surface area contributed by atoms with Crippen LogP contribution in [0.15, 0.2) is 264 Å². The van der Waals surface area contributed by atoms with Crippen molar-refractivity contribution in [1.29, 1.82) is 0 Å². The van der Waals surface area contributed by atoms with Gasteiger partial charge in [0, 0.05) is 55.1 Å². The van der Waals surface area contributed by atoms with Crippen molar-refractivity contribution in [2.24, 2.45) is 0 Å². The minimum absolute atomic E-state index is 0.699. The van der Waals surface area contributed by atoms with Crippen LogP contribution in [-0.4, -0.2) is 0 Å². The molecule has 0 aliphatic heterocycles. The van der Waals surface area contributed by atoms with Gasteiger partial charge in [0.2, 0.25) is 0 Å². The Morgan fingerprint density at radius 3 is 1.05 bits per heavy atom. The highest BCUT2D eigenvalue weighted by Gasteiger charge is 2.53. The molecule has 0 amide bonds. The van der Waals surface area contributed by atoms with Crippen molar-refractivity contribution in [2.75, 3.05) is 9.80 Å². The molecule has 16 rings (SSSR count). The number of benzene rings is 12. The molecule has 2 heterocycles. The SMILES string of the molecule is c1ccc(N(c2ccc3oc4ccccc4c3c2)c2cc3c(c4ccccc24)-c2c(cc(N(c4ccccc4)c4ccc5oc6ccccc6c5c4)c4ccccc24)C32c3ccccc3-c3ccccc32)cc1. The first kappa shape index (κ1) is 40.1. The zero-order valence-electron chi connectivity index (χ0n) is 39.5. The highest BCUT2D eigenvalue weighted by atomic mass is 16.3. The van der Waals surface area contributed by atoms with Crippen LogP contribution in [0.4, 0.5) is 34.1 Å². The lowest BCUT2D eigenvalue weighted by molar-refractivity contribution is 0.668. The topological polar surface area (TPSA) is 32.8 Å². The summed E-state index contributed by atoms with van der Waals surface area (Å²) in [5, 5.41) is 9.14. The van der Waals surface area contributed by atoms with Gasteiger partial charge in [-0.2, -0.15) is 0 Å². The third-order valence-corrected chi connectivity index (χ3v) is 15.8. The molecule has 1 spiro atoms. The van der Waals surface area contributed by atoms with E-state index in [0.717, 1.165) is 78.0 Å². The van der Waals surface area contributed by atoms with Crippen molar-refractivity contribution in [1.82, 2.24) is 0 Å². The first-order valence-electron chi connectivity index (χ1n) is 25.1. The number of para-hydroxylation sites is 4. The Balaban J connectivity index is 1.04. The first-order valence-corrected chi connectivity index (χ1v) is 25.1. The molecular weight excluding hydrogens is 889 g/mol. The Morgan fingerprint density at radius 1 is 0.247 bits per heavy atom. The molecule has 0 saturated heterocycles. The summed E-state index contributed by atoms with van der Waals surface area (Å²) in [7, 11) is 0. The van der Waals surface area contributed by atoms with Gasteiger partial charge in [0.15, 0.2) is 0 Å². The highest BCUT2D eigenvalue weighted by Crippen LogP contribution is 2.67. The van der Waals surface area contributed by atoms with Crippen molar-refractivity contribution in [3.05, 3.63) is 277 Å². The summed E-state index contributed by atoms with van der Waals surface area (Å²) < 4.78 is 12.8. The molecule has 0 saturated carbocycles. The Morgan fingerprint density at radius 2 is 0.603 bits per heavy atom. The molecule has 0 N–H and O–H groups in total. The minimum atomic E-state index is -0.699. The predicted molar refractivity (Wildman–Crippen MR) is 302 cm³/mol. The lowest BCUT2D eigenvalue weighted by atomic mass is 9.70. The highest BCUT2D eigenvalue weighted by molar-refractivity contribution is 6.20. The number of nitrogens with zero attached hydrogens (tertiary/aromatic N) is 2. The van der Waals surface area contributed by atoms with Gasteiger partial charge in [-0.3, -0.25) is 0 Å². The first-order chi connectivity index (χ1) is 36.2. The van der Waals surface area contributed by atoms with Crippen molar-refractivity contribution < 1.29 is 8.83 Å². The summed E-state index contributed by atoms with van der Waals surface area (Å²) >= 11 is 0. The minimum Gasteiger partial charge on any atom is -0.456 e. The lowest BCUT2D eigenvalue weighted by Crippen LogP contribution is -2.26. The van der Waals surface area contributed by atoms with E-state index in [9.17, 15) is 0 Å². The normalized spacial score (nSPS) is 13.0. The molecule has 0 atom stereocenters. The Hall–Kier alpha value is -9.64. The molecule has 2 aliphatic rings. The van der Waals surface area contributed by atoms with Crippen LogP contribution in [-0.2, 0) is 5.41 Å². The van der Waals surface area contributed by atoms with Crippen LogP contribution in [0.3, 0.4) is 0 Å². The summed E-state index contributed by atoms with van der Waals surface area (Å²) in [6.45, 7) is 0. The van der Waals surface area contributed by atoms with Gasteiger partial charge >= 0.3 is 0 Å². The Bertz CT molecular complexity index is 4290. The molecule has 73 heavy (non-hydrogen) atoms. The van der Waals surface area contributed by atoms with Crippen molar-refractivity contribution in [3.63, 3.8) is 0 Å². The van der Waals surface area contributed by atoms with Gasteiger partial charge < -0.3 is 18.6 Å². The van der Waals surface area contributed by atoms with Crippen molar-refractivity contribution in [3.8, 4) is 22.3 Å². The van der Waals surface area contributed by atoms with Gasteiger partial charge in [0.05, 0.1) is 16.8 Å². The van der Waals surface area contributed by atoms with E-state index in [4.69, 9.17) is 8.83 Å². The van der Waals surface area contributed by atoms with E-state index in [1.54, 1.807) is 0 Å². The molecule has 14 aromatic rings. The lowest BCUT2D eigenvalue weighted by Gasteiger charge is -2.34. The third kappa shape index (κ3) is 5.55. The predicted octanol–water partition coefficient (Wildman–Crippen LogP) is 19.1. The number of hydrogen-bond acceptors (Lipinski definition) is 4. The zero-order valence-corrected chi connectivity index (χ0v) is 39.5. The van der Waals surface area contributed by atoms with Gasteiger partial charge in [0.25, 0.3) is 0 Å². The molecule has 340 valence electrons. The number of furan rings is 2. The molecule has 0 unspecified atom stereocenters. The zero-order chi connectivity index (χ0) is 47.8. The van der Waals surface area contributed by atoms with Crippen molar-refractivity contribution >= 4 is 99.5 Å². The van der Waals surface area contributed by atoms with E-state index in [0.29, 0.717) is 0 Å². The molecule has 0 bridgehead atoms. The molecule has 4 nitrogen and oxygen atoms in total. The third-order valence-electron chi connectivity index (χ3n) is 15.8. The molecule has 0 fully saturated rings. The van der Waals surface area contributed by atoms with Gasteiger partial charge in [0.1, 0.15) is 22.3 Å². The molecule has 0 radical (unpaired) electrons. The summed E-state index contributed by atoms with van der Waals surface area (Å²) in [6.07, 6.45) is 0. The average Bonchev–Trinajstić information content (AvgIpc) is 4.19. The van der Waals surface area contributed by atoms with Crippen LogP contribution in [0.25, 0.3) is 87.7 Å². The maximum absolute atomic E-state index is 6.42. The maximum Gasteiger partial charge on any atom is 0.135 e. The van der Waals surface area contributed by atoms with Crippen LogP contribution < -0.4 is 9.80 Å². The van der Waals surface area contributed by atoms with Crippen LogP contribution in [0.5, 0.6) is 0 Å². The fraction of sp³-hybridized carbons (Fsp3) is 0.0145. The second-order valence-electron chi connectivity index (χ2n) is 19.5. The second-order valence-corrected chi connectivity index (χ2v) is 19.5. The largest absolute Gasteiger partial charge is 0.456 e. The maximum atomic E-state index is 6.42. The fourth-order valence-corrected chi connectivity index (χ4v) is 12.9. The number of anilines is 6. The molecule has 12 aromatic carbocycles. The summed E-state index contributed by atoms with van der Waals surface area (Å²) in [6, 6.07) is 93.2. The van der Waals surface area contributed by atoms with E-state index in [1.165, 1.54) is 66.1 Å². The van der Waals surface area contributed by atoms with E-state index >= 15 is 0 Å². The van der Waals surface area contributed by atoms with Gasteiger partial charge in [-0.05, 0) is 140 Å². The van der Waals surface area contributed by atoms with Crippen LogP contribution in [0.2, 0.25) is 0 Å². The summed E-state index contributed by atoms with van der Waals surface area (Å²) in [4.78, 5) is 4.92. The number of fused-ring (bicyclic) bond motifs is 20. The molecule has 2 aliphatic carbocycles. The average molecular weight is 931 g/mol. The Labute approximate surface area is 420 Å². The van der Waals surface area contributed by atoms with Gasteiger partial charge in [-0.25, -0.2) is 0 Å². The van der Waals surface area contributed by atoms with E-state index in [-0.39, 0.29) is 0 Å². The summed E-state index contributed by atoms with van der Waals surface area (Å²) in [5.41, 5.74) is 19.5. The smallest absolute Gasteiger partial charge is 0.135 e. The van der Waals surface area contributed by atoms with Crippen molar-refractivity contribution in [2.45, 2.75) is 5.41 Å². The second kappa shape index (κ2) is 15.2. The molecular formula is C69H42N2O2. The summed E-state index contributed by atoms with van der Waals surface area (Å²) in [5.74, 6) is 0. The van der Waals surface area contributed by atoms with E-state index in [1.807, 2.05) is 12.1 Å². The van der Waals surface area contributed by atoms with Gasteiger partial charge in [-0.1, -0.05) is 170 Å².